The molecular formula is C43H74NO9P. The molecule has 0 heterocycles. The third-order valence-electron chi connectivity index (χ3n) is 8.16. The number of ether oxygens (including phenoxy) is 2. The van der Waals surface area contributed by atoms with E-state index in [2.05, 4.69) is 50.3 Å². The number of aliphatic hydroxyl groups is 1. The summed E-state index contributed by atoms with van der Waals surface area (Å²) in [6.45, 7) is 3.40. The summed E-state index contributed by atoms with van der Waals surface area (Å²) in [5.74, 6) is -0.982. The van der Waals surface area contributed by atoms with E-state index in [4.69, 9.17) is 24.3 Å². The Balaban J connectivity index is 4.40. The average molecular weight is 780 g/mol. The van der Waals surface area contributed by atoms with Gasteiger partial charge in [0.1, 0.15) is 6.61 Å². The highest BCUT2D eigenvalue weighted by Gasteiger charge is 2.25. The van der Waals surface area contributed by atoms with Crippen molar-refractivity contribution in [3.05, 3.63) is 72.9 Å². The first-order chi connectivity index (χ1) is 26.2. The summed E-state index contributed by atoms with van der Waals surface area (Å²) in [6, 6.07) is 0. The molecule has 0 aromatic carbocycles. The fourth-order valence-corrected chi connectivity index (χ4v) is 5.87. The van der Waals surface area contributed by atoms with E-state index in [1.807, 2.05) is 30.4 Å². The Hall–Kier alpha value is -2.59. The quantitative estimate of drug-likeness (QED) is 0.0182. The van der Waals surface area contributed by atoms with Gasteiger partial charge in [-0.2, -0.15) is 0 Å². The Morgan fingerprint density at radius 1 is 0.667 bits per heavy atom. The first kappa shape index (κ1) is 51.4. The van der Waals surface area contributed by atoms with Crippen molar-refractivity contribution in [1.82, 2.24) is 0 Å². The molecule has 0 aromatic heterocycles. The number of esters is 2. The van der Waals surface area contributed by atoms with Crippen molar-refractivity contribution in [3.63, 3.8) is 0 Å². The van der Waals surface area contributed by atoms with Crippen molar-refractivity contribution in [2.75, 3.05) is 26.4 Å². The Morgan fingerprint density at radius 2 is 1.26 bits per heavy atom. The molecule has 0 aliphatic carbocycles. The smallest absolute Gasteiger partial charge is 0.462 e. The maximum Gasteiger partial charge on any atom is 0.472 e. The maximum atomic E-state index is 12.5. The molecule has 11 heteroatoms. The minimum Gasteiger partial charge on any atom is -0.462 e. The van der Waals surface area contributed by atoms with Gasteiger partial charge in [0.15, 0.2) is 6.10 Å². The lowest BCUT2D eigenvalue weighted by atomic mass is 10.1. The Kier molecular flexibility index (Phi) is 36.8. The van der Waals surface area contributed by atoms with Crippen LogP contribution in [0.4, 0.5) is 0 Å². The van der Waals surface area contributed by atoms with Crippen LogP contribution in [-0.4, -0.2) is 60.5 Å². The molecule has 3 unspecified atom stereocenters. The van der Waals surface area contributed by atoms with Crippen LogP contribution in [0.1, 0.15) is 149 Å². The molecule has 0 rings (SSSR count). The minimum absolute atomic E-state index is 0.0254. The second-order valence-corrected chi connectivity index (χ2v) is 14.8. The van der Waals surface area contributed by atoms with Gasteiger partial charge in [0.25, 0.3) is 0 Å². The van der Waals surface area contributed by atoms with Gasteiger partial charge in [0.05, 0.1) is 19.3 Å². The Labute approximate surface area is 327 Å². The SMILES string of the molecule is CCC=CCC=CCC=CC=CC(O)CC=CCCCC(=O)OC(COC(=O)CCCCCCCC=CCCCCCCCC)COP(=O)(O)OCCN. The van der Waals surface area contributed by atoms with E-state index in [9.17, 15) is 24.2 Å². The summed E-state index contributed by atoms with van der Waals surface area (Å²) >= 11 is 0. The summed E-state index contributed by atoms with van der Waals surface area (Å²) in [6.07, 6.45) is 42.5. The molecule has 3 atom stereocenters. The molecule has 310 valence electrons. The van der Waals surface area contributed by atoms with Crippen LogP contribution in [0.3, 0.4) is 0 Å². The third kappa shape index (κ3) is 37.7. The topological polar surface area (TPSA) is 155 Å². The number of phosphoric ester groups is 1. The van der Waals surface area contributed by atoms with Gasteiger partial charge in [-0.1, -0.05) is 138 Å². The molecule has 0 bridgehead atoms. The first-order valence-electron chi connectivity index (χ1n) is 20.5. The molecular weight excluding hydrogens is 705 g/mol. The van der Waals surface area contributed by atoms with Gasteiger partial charge in [0.2, 0.25) is 0 Å². The van der Waals surface area contributed by atoms with E-state index in [-0.39, 0.29) is 32.6 Å². The lowest BCUT2D eigenvalue weighted by molar-refractivity contribution is -0.161. The van der Waals surface area contributed by atoms with Gasteiger partial charge in [0, 0.05) is 19.4 Å². The summed E-state index contributed by atoms with van der Waals surface area (Å²) in [7, 11) is -4.42. The van der Waals surface area contributed by atoms with Gasteiger partial charge >= 0.3 is 19.8 Å². The van der Waals surface area contributed by atoms with E-state index in [0.717, 1.165) is 51.4 Å². The maximum absolute atomic E-state index is 12.5. The number of carbonyl (C=O) groups is 2. The normalized spacial score (nSPS) is 14.7. The number of phosphoric acid groups is 1. The molecule has 10 nitrogen and oxygen atoms in total. The van der Waals surface area contributed by atoms with Crippen LogP contribution in [0.25, 0.3) is 0 Å². The average Bonchev–Trinajstić information content (AvgIpc) is 3.15. The zero-order valence-corrected chi connectivity index (χ0v) is 34.4. The van der Waals surface area contributed by atoms with Crippen LogP contribution in [0.2, 0.25) is 0 Å². The summed E-state index contributed by atoms with van der Waals surface area (Å²) in [5, 5.41) is 10.1. The van der Waals surface area contributed by atoms with Crippen LogP contribution < -0.4 is 5.73 Å². The van der Waals surface area contributed by atoms with Crippen LogP contribution in [0, 0.1) is 0 Å². The lowest BCUT2D eigenvalue weighted by Crippen LogP contribution is -2.29. The fraction of sp³-hybridized carbons (Fsp3) is 0.674. The highest BCUT2D eigenvalue weighted by atomic mass is 31.2. The number of hydrogen-bond donors (Lipinski definition) is 3. The van der Waals surface area contributed by atoms with E-state index in [1.165, 1.54) is 44.9 Å². The molecule has 0 radical (unpaired) electrons. The second kappa shape index (κ2) is 38.7. The molecule has 4 N–H and O–H groups in total. The number of rotatable bonds is 37. The van der Waals surface area contributed by atoms with Crippen LogP contribution in [0.5, 0.6) is 0 Å². The molecule has 0 amide bonds. The number of carbonyl (C=O) groups excluding carboxylic acids is 2. The van der Waals surface area contributed by atoms with Gasteiger partial charge in [-0.3, -0.25) is 18.6 Å². The highest BCUT2D eigenvalue weighted by molar-refractivity contribution is 7.47. The third-order valence-corrected chi connectivity index (χ3v) is 9.14. The van der Waals surface area contributed by atoms with E-state index < -0.39 is 38.6 Å². The van der Waals surface area contributed by atoms with Gasteiger partial charge in [-0.25, -0.2) is 4.57 Å². The van der Waals surface area contributed by atoms with Crippen molar-refractivity contribution >= 4 is 19.8 Å². The van der Waals surface area contributed by atoms with E-state index in [1.54, 1.807) is 6.08 Å². The van der Waals surface area contributed by atoms with Crippen molar-refractivity contribution in [2.24, 2.45) is 5.73 Å². The number of hydrogen-bond acceptors (Lipinski definition) is 9. The van der Waals surface area contributed by atoms with Gasteiger partial charge in [-0.05, 0) is 70.6 Å². The fourth-order valence-electron chi connectivity index (χ4n) is 5.10. The highest BCUT2D eigenvalue weighted by Crippen LogP contribution is 2.43. The monoisotopic (exact) mass is 780 g/mol. The van der Waals surface area contributed by atoms with Gasteiger partial charge < -0.3 is 25.2 Å². The Morgan fingerprint density at radius 3 is 1.94 bits per heavy atom. The number of nitrogens with two attached hydrogens (primary N) is 1. The number of allylic oxidation sites excluding steroid dienone is 10. The first-order valence-corrected chi connectivity index (χ1v) is 22.0. The summed E-state index contributed by atoms with van der Waals surface area (Å²) in [5.41, 5.74) is 5.33. The molecule has 0 aliphatic rings. The van der Waals surface area contributed by atoms with Crippen molar-refractivity contribution in [3.8, 4) is 0 Å². The molecule has 0 saturated carbocycles. The Bertz CT molecular complexity index is 1130. The number of unbranched alkanes of at least 4 members (excludes halogenated alkanes) is 12. The van der Waals surface area contributed by atoms with Crippen molar-refractivity contribution in [2.45, 2.75) is 161 Å². The summed E-state index contributed by atoms with van der Waals surface area (Å²) < 4.78 is 32.6. The van der Waals surface area contributed by atoms with Crippen LogP contribution >= 0.6 is 7.82 Å². The zero-order chi connectivity index (χ0) is 39.8. The van der Waals surface area contributed by atoms with Crippen molar-refractivity contribution in [1.29, 1.82) is 0 Å². The largest absolute Gasteiger partial charge is 0.472 e. The van der Waals surface area contributed by atoms with Crippen LogP contribution in [-0.2, 0) is 32.7 Å². The zero-order valence-electron chi connectivity index (χ0n) is 33.5. The van der Waals surface area contributed by atoms with E-state index in [0.29, 0.717) is 25.7 Å². The lowest BCUT2D eigenvalue weighted by Gasteiger charge is -2.19. The molecule has 0 fully saturated rings. The standard InChI is InChI=1S/C43H74NO9P/c1-3-5-7-9-11-13-15-16-17-18-19-21-23-25-30-34-42(46)50-38-41(39-52-54(48,49)51-37-36-44)53-43(47)35-31-27-26-29-33-40(45)32-28-24-22-20-14-12-10-8-6-4-2/h6,8,12,14,16-17,22,24,26,28-29,32,40-41,45H,3-5,7,9-11,13,15,18-21,23,25,27,30-31,33-39,44H2,1-2H3,(H,48,49). The number of aliphatic hydroxyl groups excluding tert-OH is 1. The molecule has 0 saturated heterocycles. The van der Waals surface area contributed by atoms with Gasteiger partial charge in [-0.15, -0.1) is 0 Å². The molecule has 0 aliphatic heterocycles. The van der Waals surface area contributed by atoms with E-state index >= 15 is 0 Å². The molecule has 54 heavy (non-hydrogen) atoms. The van der Waals surface area contributed by atoms with Crippen molar-refractivity contribution < 1.29 is 42.7 Å². The molecule has 0 aromatic rings. The molecule has 0 spiro atoms. The minimum atomic E-state index is -4.42. The predicted octanol–water partition coefficient (Wildman–Crippen LogP) is 10.5. The van der Waals surface area contributed by atoms with Crippen LogP contribution in [0.15, 0.2) is 72.9 Å². The second-order valence-electron chi connectivity index (χ2n) is 13.3. The summed E-state index contributed by atoms with van der Waals surface area (Å²) in [4.78, 5) is 34.8. The predicted molar refractivity (Wildman–Crippen MR) is 221 cm³/mol.